The van der Waals surface area contributed by atoms with Gasteiger partial charge in [-0.25, -0.2) is 9.59 Å². The SMILES string of the molecule is C=C1CN(C(=O)OC(C)(C)C)CCCN(Cc2ccccc2)CCCN(C(=O)OC(C)(C)C)C1. The van der Waals surface area contributed by atoms with Crippen LogP contribution in [0.4, 0.5) is 9.59 Å². The molecule has 0 bridgehead atoms. The van der Waals surface area contributed by atoms with Crippen molar-refractivity contribution in [2.45, 2.75) is 72.1 Å². The zero-order valence-electron chi connectivity index (χ0n) is 21.9. The zero-order chi connectivity index (χ0) is 25.4. The average Bonchev–Trinajstić information content (AvgIpc) is 2.69. The number of benzene rings is 1. The van der Waals surface area contributed by atoms with Crippen LogP contribution >= 0.6 is 0 Å². The summed E-state index contributed by atoms with van der Waals surface area (Å²) in [5.41, 5.74) is 0.864. The van der Waals surface area contributed by atoms with Crippen LogP contribution < -0.4 is 0 Å². The molecule has 34 heavy (non-hydrogen) atoms. The lowest BCUT2D eigenvalue weighted by Crippen LogP contribution is -2.44. The predicted octanol–water partition coefficient (Wildman–Crippen LogP) is 5.31. The van der Waals surface area contributed by atoms with E-state index in [-0.39, 0.29) is 12.2 Å². The minimum Gasteiger partial charge on any atom is -0.444 e. The molecular weight excluding hydrogens is 430 g/mol. The Hall–Kier alpha value is -2.54. The van der Waals surface area contributed by atoms with Crippen molar-refractivity contribution in [3.05, 3.63) is 48.0 Å². The highest BCUT2D eigenvalue weighted by molar-refractivity contribution is 5.69. The summed E-state index contributed by atoms with van der Waals surface area (Å²) in [4.78, 5) is 31.6. The average molecular weight is 474 g/mol. The van der Waals surface area contributed by atoms with Crippen molar-refractivity contribution in [2.24, 2.45) is 0 Å². The van der Waals surface area contributed by atoms with Crippen LogP contribution in [0.3, 0.4) is 0 Å². The third kappa shape index (κ3) is 10.6. The Labute approximate surface area is 205 Å². The Morgan fingerprint density at radius 1 is 0.794 bits per heavy atom. The summed E-state index contributed by atoms with van der Waals surface area (Å²) < 4.78 is 11.3. The number of ether oxygens (including phenoxy) is 2. The molecule has 0 spiro atoms. The second-order valence-electron chi connectivity index (χ2n) is 11.0. The normalized spacial score (nSPS) is 17.5. The van der Waals surface area contributed by atoms with Crippen LogP contribution in [0.5, 0.6) is 0 Å². The van der Waals surface area contributed by atoms with Crippen LogP contribution in [0.1, 0.15) is 59.9 Å². The third-order valence-corrected chi connectivity index (χ3v) is 5.19. The van der Waals surface area contributed by atoms with Gasteiger partial charge in [-0.05, 0) is 65.5 Å². The first kappa shape index (κ1) is 27.7. The Bertz CT molecular complexity index is 765. The number of amides is 2. The summed E-state index contributed by atoms with van der Waals surface area (Å²) in [6, 6.07) is 10.4. The fraction of sp³-hybridized carbons (Fsp3) is 0.630. The van der Waals surface area contributed by atoms with E-state index in [1.54, 1.807) is 9.80 Å². The molecule has 0 aliphatic carbocycles. The lowest BCUT2D eigenvalue weighted by atomic mass is 10.1. The van der Waals surface area contributed by atoms with E-state index in [1.165, 1.54) is 5.56 Å². The number of carbonyl (C=O) groups is 2. The molecule has 1 aromatic carbocycles. The molecule has 1 heterocycles. The number of rotatable bonds is 2. The number of hydrogen-bond donors (Lipinski definition) is 0. The van der Waals surface area contributed by atoms with Crippen molar-refractivity contribution in [2.75, 3.05) is 39.3 Å². The summed E-state index contributed by atoms with van der Waals surface area (Å²) >= 11 is 0. The van der Waals surface area contributed by atoms with E-state index in [4.69, 9.17) is 9.47 Å². The second kappa shape index (κ2) is 12.2. The van der Waals surface area contributed by atoms with Crippen molar-refractivity contribution >= 4 is 12.2 Å². The van der Waals surface area contributed by atoms with E-state index in [0.717, 1.165) is 38.0 Å². The van der Waals surface area contributed by atoms with Gasteiger partial charge in [0.15, 0.2) is 0 Å². The monoisotopic (exact) mass is 473 g/mol. The first-order valence-corrected chi connectivity index (χ1v) is 12.2. The highest BCUT2D eigenvalue weighted by Gasteiger charge is 2.26. The minimum absolute atomic E-state index is 0.340. The quantitative estimate of drug-likeness (QED) is 0.545. The third-order valence-electron chi connectivity index (χ3n) is 5.19. The second-order valence-corrected chi connectivity index (χ2v) is 11.0. The molecule has 7 nitrogen and oxygen atoms in total. The lowest BCUT2D eigenvalue weighted by Gasteiger charge is -2.33. The Kier molecular flexibility index (Phi) is 9.98. The highest BCUT2D eigenvalue weighted by atomic mass is 16.6. The topological polar surface area (TPSA) is 62.3 Å². The van der Waals surface area contributed by atoms with Crippen molar-refractivity contribution in [3.63, 3.8) is 0 Å². The summed E-state index contributed by atoms with van der Waals surface area (Å²) in [5, 5.41) is 0. The van der Waals surface area contributed by atoms with Crippen LogP contribution in [0.25, 0.3) is 0 Å². The molecule has 2 rings (SSSR count). The number of nitrogens with zero attached hydrogens (tertiary/aromatic N) is 3. The molecule has 0 atom stereocenters. The van der Waals surface area contributed by atoms with E-state index in [1.807, 2.05) is 59.7 Å². The summed E-state index contributed by atoms with van der Waals surface area (Å²) in [6.07, 6.45) is 0.942. The summed E-state index contributed by atoms with van der Waals surface area (Å²) in [7, 11) is 0. The molecule has 1 saturated heterocycles. The molecule has 0 saturated carbocycles. The Balaban J connectivity index is 2.19. The first-order chi connectivity index (χ1) is 15.8. The van der Waals surface area contributed by atoms with E-state index in [9.17, 15) is 9.59 Å². The molecule has 1 fully saturated rings. The molecule has 0 unspecified atom stereocenters. The minimum atomic E-state index is -0.579. The van der Waals surface area contributed by atoms with Crippen LogP contribution in [-0.4, -0.2) is 77.4 Å². The van der Waals surface area contributed by atoms with Gasteiger partial charge in [-0.3, -0.25) is 4.90 Å². The van der Waals surface area contributed by atoms with Gasteiger partial charge in [0.1, 0.15) is 11.2 Å². The van der Waals surface area contributed by atoms with Crippen LogP contribution in [-0.2, 0) is 16.0 Å². The molecule has 7 heteroatoms. The van der Waals surface area contributed by atoms with E-state index >= 15 is 0 Å². The fourth-order valence-electron chi connectivity index (χ4n) is 3.79. The summed E-state index contributed by atoms with van der Waals surface area (Å²) in [6.45, 7) is 19.7. The molecule has 2 amide bonds. The van der Waals surface area contributed by atoms with Gasteiger partial charge in [0.2, 0.25) is 0 Å². The van der Waals surface area contributed by atoms with Crippen molar-refractivity contribution in [3.8, 4) is 0 Å². The largest absolute Gasteiger partial charge is 0.444 e. The van der Waals surface area contributed by atoms with Crippen LogP contribution in [0.2, 0.25) is 0 Å². The zero-order valence-corrected chi connectivity index (χ0v) is 21.9. The lowest BCUT2D eigenvalue weighted by molar-refractivity contribution is 0.0226. The maximum atomic E-state index is 12.9. The molecule has 1 aliphatic heterocycles. The predicted molar refractivity (Wildman–Crippen MR) is 136 cm³/mol. The number of carbonyl (C=O) groups excluding carboxylic acids is 2. The smallest absolute Gasteiger partial charge is 0.410 e. The van der Waals surface area contributed by atoms with E-state index < -0.39 is 11.2 Å². The molecule has 0 N–H and O–H groups in total. The van der Waals surface area contributed by atoms with E-state index in [2.05, 4.69) is 23.6 Å². The van der Waals surface area contributed by atoms with Gasteiger partial charge >= 0.3 is 12.2 Å². The number of hydrogen-bond acceptors (Lipinski definition) is 5. The van der Waals surface area contributed by atoms with Crippen LogP contribution in [0.15, 0.2) is 42.5 Å². The molecule has 1 aromatic rings. The fourth-order valence-corrected chi connectivity index (χ4v) is 3.79. The molecule has 0 radical (unpaired) electrons. The molecular formula is C27H43N3O4. The van der Waals surface area contributed by atoms with Crippen LogP contribution in [0, 0.1) is 0 Å². The van der Waals surface area contributed by atoms with Crippen molar-refractivity contribution in [1.29, 1.82) is 0 Å². The van der Waals surface area contributed by atoms with Gasteiger partial charge in [-0.15, -0.1) is 0 Å². The Morgan fingerprint density at radius 2 is 1.24 bits per heavy atom. The van der Waals surface area contributed by atoms with Gasteiger partial charge in [0.25, 0.3) is 0 Å². The summed E-state index contributed by atoms with van der Waals surface area (Å²) in [5.74, 6) is 0. The maximum absolute atomic E-state index is 12.9. The molecule has 190 valence electrons. The maximum Gasteiger partial charge on any atom is 0.410 e. The van der Waals surface area contributed by atoms with Gasteiger partial charge in [-0.2, -0.15) is 0 Å². The van der Waals surface area contributed by atoms with Crippen molar-refractivity contribution in [1.82, 2.24) is 14.7 Å². The van der Waals surface area contributed by atoms with Gasteiger partial charge < -0.3 is 19.3 Å². The van der Waals surface area contributed by atoms with Gasteiger partial charge in [-0.1, -0.05) is 36.9 Å². The first-order valence-electron chi connectivity index (χ1n) is 12.2. The Morgan fingerprint density at radius 3 is 1.65 bits per heavy atom. The van der Waals surface area contributed by atoms with Crippen molar-refractivity contribution < 1.29 is 19.1 Å². The molecule has 1 aliphatic rings. The highest BCUT2D eigenvalue weighted by Crippen LogP contribution is 2.16. The standard InChI is InChI=1S/C27H43N3O4/c1-22-19-29(24(31)33-26(2,3)4)17-11-15-28(21-23-13-9-8-10-14-23)16-12-18-30(20-22)25(32)34-27(5,6)7/h8-10,13-14H,1,11-12,15-21H2,2-7H3. The van der Waals surface area contributed by atoms with E-state index in [0.29, 0.717) is 26.2 Å². The van der Waals surface area contributed by atoms with Gasteiger partial charge in [0.05, 0.1) is 0 Å². The van der Waals surface area contributed by atoms with Gasteiger partial charge in [0, 0.05) is 45.8 Å². The molecule has 0 aromatic heterocycles.